The Morgan fingerprint density at radius 1 is 0.550 bits per heavy atom. The second-order valence-electron chi connectivity index (χ2n) is 11.9. The first-order chi connectivity index (χ1) is 19.2. The molecule has 7 rings (SSSR count). The third kappa shape index (κ3) is 3.99. The highest BCUT2D eigenvalue weighted by atomic mass is 16.5. The van der Waals surface area contributed by atoms with Crippen molar-refractivity contribution in [2.24, 2.45) is 0 Å². The van der Waals surface area contributed by atoms with Gasteiger partial charge in [-0.25, -0.2) is 0 Å². The van der Waals surface area contributed by atoms with Crippen LogP contribution < -0.4 is 5.46 Å². The summed E-state index contributed by atoms with van der Waals surface area (Å²) < 4.78 is 12.4. The van der Waals surface area contributed by atoms with Crippen molar-refractivity contribution in [1.82, 2.24) is 0 Å². The van der Waals surface area contributed by atoms with Gasteiger partial charge in [-0.05, 0) is 101 Å². The van der Waals surface area contributed by atoms with E-state index in [1.54, 1.807) is 13.8 Å². The Morgan fingerprint density at radius 3 is 1.62 bits per heavy atom. The van der Waals surface area contributed by atoms with Crippen LogP contribution in [0.3, 0.4) is 0 Å². The lowest BCUT2D eigenvalue weighted by molar-refractivity contribution is -0.0893. The first-order valence-corrected chi connectivity index (χ1v) is 13.8. The molecule has 0 aliphatic rings. The van der Waals surface area contributed by atoms with Crippen LogP contribution in [0.25, 0.3) is 65.4 Å². The molecule has 0 saturated carbocycles. The fraction of sp³-hybridized carbons (Fsp3) is 0.167. The molecule has 1 N–H and O–H groups in total. The van der Waals surface area contributed by atoms with Gasteiger partial charge < -0.3 is 14.2 Å². The molecule has 1 aromatic heterocycles. The van der Waals surface area contributed by atoms with E-state index in [9.17, 15) is 5.11 Å². The smallest absolute Gasteiger partial charge is 0.309 e. The number of hydrogen-bond donors (Lipinski definition) is 1. The van der Waals surface area contributed by atoms with Crippen LogP contribution in [0.2, 0.25) is 0 Å². The van der Waals surface area contributed by atoms with Crippen LogP contribution in [0, 0.1) is 0 Å². The number of hydrogen-bond acceptors (Lipinski definition) is 3. The zero-order chi connectivity index (χ0) is 27.6. The Labute approximate surface area is 234 Å². The molecule has 1 heterocycles. The van der Waals surface area contributed by atoms with Crippen molar-refractivity contribution in [2.75, 3.05) is 0 Å². The van der Waals surface area contributed by atoms with Crippen molar-refractivity contribution in [3.05, 3.63) is 103 Å². The average molecular weight is 522 g/mol. The number of rotatable bonds is 5. The van der Waals surface area contributed by atoms with Crippen LogP contribution in [0.4, 0.5) is 0 Å². The van der Waals surface area contributed by atoms with E-state index in [1.807, 2.05) is 19.9 Å². The minimum atomic E-state index is -0.949. The monoisotopic (exact) mass is 522 g/mol. The van der Waals surface area contributed by atoms with Crippen molar-refractivity contribution in [2.45, 2.75) is 38.9 Å². The molecule has 0 aliphatic carbocycles. The molecule has 0 unspecified atom stereocenters. The van der Waals surface area contributed by atoms with E-state index in [0.717, 1.165) is 33.0 Å². The molecule has 196 valence electrons. The largest absolute Gasteiger partial charge is 0.456 e. The highest BCUT2D eigenvalue weighted by Crippen LogP contribution is 2.38. The maximum Gasteiger partial charge on any atom is 0.309 e. The van der Waals surface area contributed by atoms with Gasteiger partial charge in [-0.3, -0.25) is 0 Å². The van der Waals surface area contributed by atoms with Gasteiger partial charge in [-0.1, -0.05) is 78.9 Å². The summed E-state index contributed by atoms with van der Waals surface area (Å²) in [5.74, 6) is 0. The van der Waals surface area contributed by atoms with Crippen molar-refractivity contribution >= 4 is 67.2 Å². The first-order valence-electron chi connectivity index (χ1n) is 13.8. The second-order valence-corrected chi connectivity index (χ2v) is 11.9. The van der Waals surface area contributed by atoms with E-state index in [0.29, 0.717) is 7.48 Å². The molecule has 0 saturated heterocycles. The molecule has 0 fully saturated rings. The molecule has 4 heteroatoms. The highest BCUT2D eigenvalue weighted by molar-refractivity contribution is 6.47. The molecule has 6 aromatic carbocycles. The summed E-state index contributed by atoms with van der Waals surface area (Å²) in [5, 5.41) is 20.3. The summed E-state index contributed by atoms with van der Waals surface area (Å²) in [6.07, 6.45) is 0. The van der Waals surface area contributed by atoms with Crippen molar-refractivity contribution in [1.29, 1.82) is 0 Å². The second kappa shape index (κ2) is 8.95. The van der Waals surface area contributed by atoms with E-state index in [1.165, 1.54) is 37.9 Å². The van der Waals surface area contributed by atoms with E-state index in [2.05, 4.69) is 97.1 Å². The molecule has 0 amide bonds. The SMILES string of the molecule is CC(C)(O)C(C)(C)OBc1ccc2c(c1)oc1cc(-c3ccc4c5ccccc5c5ccccc5c4c3)ccc12. The molecule has 3 nitrogen and oxygen atoms in total. The fourth-order valence-corrected chi connectivity index (χ4v) is 5.62. The van der Waals surface area contributed by atoms with Gasteiger partial charge in [-0.2, -0.15) is 0 Å². The van der Waals surface area contributed by atoms with Crippen LogP contribution >= 0.6 is 0 Å². The Bertz CT molecular complexity index is 2040. The number of furan rings is 1. The molecule has 0 aliphatic heterocycles. The van der Waals surface area contributed by atoms with E-state index >= 15 is 0 Å². The number of aliphatic hydroxyl groups is 1. The van der Waals surface area contributed by atoms with E-state index < -0.39 is 11.2 Å². The molecular formula is C36H31BO3. The minimum absolute atomic E-state index is 0.398. The molecule has 7 aromatic rings. The topological polar surface area (TPSA) is 42.6 Å². The fourth-order valence-electron chi connectivity index (χ4n) is 5.62. The van der Waals surface area contributed by atoms with Gasteiger partial charge in [0.1, 0.15) is 11.2 Å². The van der Waals surface area contributed by atoms with E-state index in [4.69, 9.17) is 9.07 Å². The molecule has 0 radical (unpaired) electrons. The Balaban J connectivity index is 1.30. The van der Waals surface area contributed by atoms with Crippen molar-refractivity contribution in [3.8, 4) is 11.1 Å². The van der Waals surface area contributed by atoms with Gasteiger partial charge in [0.05, 0.1) is 11.2 Å². The van der Waals surface area contributed by atoms with Crippen LogP contribution in [0.1, 0.15) is 27.7 Å². The third-order valence-electron chi connectivity index (χ3n) is 8.69. The normalized spacial score (nSPS) is 12.7. The standard InChI is InChI=1S/C36H31BO3/c1-35(2,38)36(3,4)40-37-24-15-18-31-30-17-14-23(20-33(30)39-34(31)21-24)22-13-16-29-27-11-6-5-9-25(27)26-10-7-8-12-28(26)32(29)19-22/h5-21,37-38H,1-4H3. The summed E-state index contributed by atoms with van der Waals surface area (Å²) in [5.41, 5.74) is 3.38. The summed E-state index contributed by atoms with van der Waals surface area (Å²) in [6.45, 7) is 7.36. The Kier molecular flexibility index (Phi) is 5.57. The summed E-state index contributed by atoms with van der Waals surface area (Å²) in [4.78, 5) is 0. The predicted octanol–water partition coefficient (Wildman–Crippen LogP) is 8.26. The van der Waals surface area contributed by atoms with Crippen molar-refractivity contribution in [3.63, 3.8) is 0 Å². The summed E-state index contributed by atoms with van der Waals surface area (Å²) in [7, 11) is 0.398. The van der Waals surface area contributed by atoms with Gasteiger partial charge in [0.25, 0.3) is 0 Å². The highest BCUT2D eigenvalue weighted by Gasteiger charge is 2.35. The lowest BCUT2D eigenvalue weighted by Crippen LogP contribution is -2.49. The molecule has 0 atom stereocenters. The number of fused-ring (bicyclic) bond motifs is 9. The quantitative estimate of drug-likeness (QED) is 0.183. The van der Waals surface area contributed by atoms with Gasteiger partial charge in [-0.15, -0.1) is 0 Å². The minimum Gasteiger partial charge on any atom is -0.456 e. The first kappa shape index (κ1) is 24.9. The lowest BCUT2D eigenvalue weighted by atomic mass is 9.82. The molecule has 0 bridgehead atoms. The average Bonchev–Trinajstić information content (AvgIpc) is 3.32. The van der Waals surface area contributed by atoms with Crippen LogP contribution in [-0.4, -0.2) is 23.8 Å². The van der Waals surface area contributed by atoms with Crippen molar-refractivity contribution < 1.29 is 14.2 Å². The van der Waals surface area contributed by atoms with Crippen LogP contribution in [0.5, 0.6) is 0 Å². The van der Waals surface area contributed by atoms with Gasteiger partial charge in [0.2, 0.25) is 0 Å². The zero-order valence-electron chi connectivity index (χ0n) is 23.3. The van der Waals surface area contributed by atoms with Gasteiger partial charge in [0, 0.05) is 10.8 Å². The summed E-state index contributed by atoms with van der Waals surface area (Å²) >= 11 is 0. The maximum absolute atomic E-state index is 10.4. The Morgan fingerprint density at radius 2 is 1.02 bits per heavy atom. The van der Waals surface area contributed by atoms with E-state index in [-0.39, 0.29) is 0 Å². The summed E-state index contributed by atoms with van der Waals surface area (Å²) in [6, 6.07) is 36.8. The van der Waals surface area contributed by atoms with Gasteiger partial charge in [0.15, 0.2) is 0 Å². The van der Waals surface area contributed by atoms with Crippen LogP contribution in [-0.2, 0) is 4.65 Å². The van der Waals surface area contributed by atoms with Crippen LogP contribution in [0.15, 0.2) is 108 Å². The zero-order valence-corrected chi connectivity index (χ0v) is 23.3. The molecular weight excluding hydrogens is 491 g/mol. The predicted molar refractivity (Wildman–Crippen MR) is 170 cm³/mol. The Hall–Kier alpha value is -4.12. The maximum atomic E-state index is 10.4. The third-order valence-corrected chi connectivity index (χ3v) is 8.69. The van der Waals surface area contributed by atoms with Gasteiger partial charge >= 0.3 is 7.48 Å². The molecule has 0 spiro atoms. The number of benzene rings is 6. The molecule has 40 heavy (non-hydrogen) atoms. The lowest BCUT2D eigenvalue weighted by Gasteiger charge is -2.37.